The van der Waals surface area contributed by atoms with Crippen LogP contribution in [0.25, 0.3) is 0 Å². The quantitative estimate of drug-likeness (QED) is 0.273. The fraction of sp³-hybridized carbons (Fsp3) is 0.314. The molecule has 198 valence electrons. The van der Waals surface area contributed by atoms with E-state index in [1.54, 1.807) is 0 Å². The first-order valence-electron chi connectivity index (χ1n) is 14.3. The van der Waals surface area contributed by atoms with E-state index in [1.807, 2.05) is 0 Å². The van der Waals surface area contributed by atoms with Crippen LogP contribution < -0.4 is 19.3 Å². The van der Waals surface area contributed by atoms with Gasteiger partial charge in [-0.25, -0.2) is 0 Å². The van der Waals surface area contributed by atoms with E-state index in [0.29, 0.717) is 25.3 Å². The Morgan fingerprint density at radius 2 is 1.15 bits per heavy atom. The Balaban J connectivity index is 1.04. The molecule has 0 atom stereocenters. The van der Waals surface area contributed by atoms with E-state index >= 15 is 0 Å². The normalized spacial score (nSPS) is 20.4. The summed E-state index contributed by atoms with van der Waals surface area (Å²) in [5.41, 5.74) is 9.29. The number of ether oxygens (including phenoxy) is 2. The van der Waals surface area contributed by atoms with E-state index in [0.717, 1.165) is 24.6 Å². The number of aryl methyl sites for hydroxylation is 1. The molecule has 4 nitrogen and oxygen atoms in total. The lowest BCUT2D eigenvalue weighted by Gasteiger charge is -2.34. The Morgan fingerprint density at radius 1 is 0.590 bits per heavy atom. The maximum atomic E-state index is 6.23. The van der Waals surface area contributed by atoms with Crippen molar-refractivity contribution in [1.29, 1.82) is 0 Å². The van der Waals surface area contributed by atoms with Crippen LogP contribution in [0.5, 0.6) is 11.5 Å². The first-order valence-corrected chi connectivity index (χ1v) is 14.3. The molecule has 0 radical (unpaired) electrons. The molecule has 4 aromatic carbocycles. The van der Waals surface area contributed by atoms with Gasteiger partial charge in [-0.2, -0.15) is 0 Å². The zero-order valence-corrected chi connectivity index (χ0v) is 22.7. The number of fused-ring (bicyclic) bond motifs is 2. The molecule has 2 heterocycles. The minimum absolute atomic E-state index is 0.607. The molecule has 1 saturated carbocycles. The van der Waals surface area contributed by atoms with E-state index in [2.05, 4.69) is 108 Å². The van der Waals surface area contributed by atoms with Crippen molar-refractivity contribution < 1.29 is 9.47 Å². The van der Waals surface area contributed by atoms with Gasteiger partial charge in [0.1, 0.15) is 11.5 Å². The van der Waals surface area contributed by atoms with E-state index in [4.69, 9.17) is 9.47 Å². The number of benzene rings is 4. The number of anilines is 2. The molecule has 0 saturated heterocycles. The van der Waals surface area contributed by atoms with Crippen molar-refractivity contribution in [3.8, 4) is 11.5 Å². The third kappa shape index (κ3) is 4.85. The van der Waals surface area contributed by atoms with Gasteiger partial charge in [0.25, 0.3) is 0 Å². The minimum atomic E-state index is 0.607. The van der Waals surface area contributed by atoms with Crippen LogP contribution >= 0.6 is 0 Å². The minimum Gasteiger partial charge on any atom is -0.473 e. The summed E-state index contributed by atoms with van der Waals surface area (Å²) in [6.07, 6.45) is 4.93. The van der Waals surface area contributed by atoms with Crippen LogP contribution in [0.2, 0.25) is 0 Å². The maximum Gasteiger partial charge on any atom is 0.161 e. The van der Waals surface area contributed by atoms with Gasteiger partial charge < -0.3 is 19.3 Å². The summed E-state index contributed by atoms with van der Waals surface area (Å²) in [5.74, 6) is 3.36. The third-order valence-corrected chi connectivity index (χ3v) is 8.83. The number of rotatable bonds is 4. The molecule has 7 rings (SSSR count). The standard InChI is InChI=1S/C35H36N2O2/c1-25-18-29(20-31-22-37(24-39-35(25)31)33-10-6-3-7-11-33)27-14-12-26(13-15-27)28-16-17-34-30(19-28)21-36(23-38-34)32-8-4-2-5-9-32/h2-11,16-20,26-27H,12-15,21-24H2,1H3. The molecule has 3 aliphatic rings. The van der Waals surface area contributed by atoms with Gasteiger partial charge in [0, 0.05) is 35.6 Å². The van der Waals surface area contributed by atoms with Gasteiger partial charge in [-0.05, 0) is 91.5 Å². The number of nitrogens with zero attached hydrogens (tertiary/aromatic N) is 2. The lowest BCUT2D eigenvalue weighted by atomic mass is 9.75. The predicted molar refractivity (Wildman–Crippen MR) is 158 cm³/mol. The summed E-state index contributed by atoms with van der Waals surface area (Å²) in [6, 6.07) is 32.9. The van der Waals surface area contributed by atoms with Crippen LogP contribution in [0.1, 0.15) is 65.3 Å². The van der Waals surface area contributed by atoms with Gasteiger partial charge >= 0.3 is 0 Å². The smallest absolute Gasteiger partial charge is 0.161 e. The van der Waals surface area contributed by atoms with Gasteiger partial charge in [-0.15, -0.1) is 0 Å². The second-order valence-corrected chi connectivity index (χ2v) is 11.4. The molecule has 39 heavy (non-hydrogen) atoms. The van der Waals surface area contributed by atoms with Crippen molar-refractivity contribution in [1.82, 2.24) is 0 Å². The van der Waals surface area contributed by atoms with E-state index in [9.17, 15) is 0 Å². The Morgan fingerprint density at radius 3 is 1.82 bits per heavy atom. The lowest BCUT2D eigenvalue weighted by molar-refractivity contribution is 0.286. The Hall–Kier alpha value is -3.92. The van der Waals surface area contributed by atoms with Crippen LogP contribution in [0.15, 0.2) is 91.0 Å². The summed E-state index contributed by atoms with van der Waals surface area (Å²) in [7, 11) is 0. The monoisotopic (exact) mass is 516 g/mol. The van der Waals surface area contributed by atoms with Crippen molar-refractivity contribution in [2.24, 2.45) is 0 Å². The predicted octanol–water partition coefficient (Wildman–Crippen LogP) is 8.15. The Labute approximate surface area is 231 Å². The van der Waals surface area contributed by atoms with Gasteiger partial charge in [0.2, 0.25) is 0 Å². The fourth-order valence-corrected chi connectivity index (χ4v) is 6.72. The van der Waals surface area contributed by atoms with E-state index in [-0.39, 0.29) is 0 Å². The molecular formula is C35H36N2O2. The van der Waals surface area contributed by atoms with Crippen LogP contribution in [0.4, 0.5) is 11.4 Å². The summed E-state index contributed by atoms with van der Waals surface area (Å²) in [4.78, 5) is 4.63. The molecule has 0 N–H and O–H groups in total. The highest BCUT2D eigenvalue weighted by Crippen LogP contribution is 2.44. The summed E-state index contributed by atoms with van der Waals surface area (Å²) >= 11 is 0. The second kappa shape index (κ2) is 10.3. The van der Waals surface area contributed by atoms with Crippen molar-refractivity contribution in [2.45, 2.75) is 57.5 Å². The lowest BCUT2D eigenvalue weighted by Crippen LogP contribution is -2.32. The topological polar surface area (TPSA) is 24.9 Å². The molecular weight excluding hydrogens is 480 g/mol. The van der Waals surface area contributed by atoms with Crippen molar-refractivity contribution in [2.75, 3.05) is 23.3 Å². The molecule has 0 unspecified atom stereocenters. The fourth-order valence-electron chi connectivity index (χ4n) is 6.72. The third-order valence-electron chi connectivity index (χ3n) is 8.83. The Kier molecular flexibility index (Phi) is 6.40. The molecule has 4 aromatic rings. The number of hydrogen-bond donors (Lipinski definition) is 0. The van der Waals surface area contributed by atoms with E-state index in [1.165, 1.54) is 64.9 Å². The summed E-state index contributed by atoms with van der Waals surface area (Å²) < 4.78 is 12.3. The Bertz CT molecular complexity index is 1440. The average Bonchev–Trinajstić information content (AvgIpc) is 3.01. The first-order chi connectivity index (χ1) is 19.2. The van der Waals surface area contributed by atoms with Crippen LogP contribution in [0, 0.1) is 6.92 Å². The SMILES string of the molecule is Cc1cc(C2CCC(c3ccc4c(c3)CN(c3ccccc3)CO4)CC2)cc2c1OCN(c1ccccc1)C2. The summed E-state index contributed by atoms with van der Waals surface area (Å²) in [6.45, 7) is 5.23. The maximum absolute atomic E-state index is 6.23. The average molecular weight is 517 g/mol. The highest BCUT2D eigenvalue weighted by Gasteiger charge is 2.28. The highest BCUT2D eigenvalue weighted by atomic mass is 16.5. The molecule has 0 aromatic heterocycles. The summed E-state index contributed by atoms with van der Waals surface area (Å²) in [5, 5.41) is 0. The van der Waals surface area contributed by atoms with Gasteiger partial charge in [-0.3, -0.25) is 0 Å². The van der Waals surface area contributed by atoms with Crippen molar-refractivity contribution in [3.63, 3.8) is 0 Å². The molecule has 4 heteroatoms. The molecule has 2 aliphatic heterocycles. The highest BCUT2D eigenvalue weighted by molar-refractivity contribution is 5.53. The first kappa shape index (κ1) is 24.1. The second-order valence-electron chi connectivity index (χ2n) is 11.4. The number of hydrogen-bond acceptors (Lipinski definition) is 4. The molecule has 1 aliphatic carbocycles. The zero-order chi connectivity index (χ0) is 26.2. The van der Waals surface area contributed by atoms with E-state index < -0.39 is 0 Å². The van der Waals surface area contributed by atoms with Crippen LogP contribution in [0.3, 0.4) is 0 Å². The van der Waals surface area contributed by atoms with Crippen LogP contribution in [-0.2, 0) is 13.1 Å². The molecule has 0 amide bonds. The number of para-hydroxylation sites is 2. The van der Waals surface area contributed by atoms with Gasteiger partial charge in [-0.1, -0.05) is 60.7 Å². The van der Waals surface area contributed by atoms with Gasteiger partial charge in [0.15, 0.2) is 13.5 Å². The van der Waals surface area contributed by atoms with Crippen LogP contribution in [-0.4, -0.2) is 13.5 Å². The van der Waals surface area contributed by atoms with Crippen molar-refractivity contribution >= 4 is 11.4 Å². The zero-order valence-electron chi connectivity index (χ0n) is 22.7. The largest absolute Gasteiger partial charge is 0.473 e. The molecule has 0 spiro atoms. The molecule has 1 fully saturated rings. The molecule has 0 bridgehead atoms. The van der Waals surface area contributed by atoms with Gasteiger partial charge in [0.05, 0.1) is 0 Å². The van der Waals surface area contributed by atoms with Crippen molar-refractivity contribution in [3.05, 3.63) is 119 Å².